The fourth-order valence-corrected chi connectivity index (χ4v) is 15.1. The highest BCUT2D eigenvalue weighted by Gasteiger charge is 2.24. The van der Waals surface area contributed by atoms with Crippen LogP contribution >= 0.6 is 0 Å². The van der Waals surface area contributed by atoms with Gasteiger partial charge in [-0.2, -0.15) is 0 Å². The summed E-state index contributed by atoms with van der Waals surface area (Å²) in [6.07, 6.45) is 0. The number of aryl methyl sites for hydroxylation is 8. The first-order valence-electron chi connectivity index (χ1n) is 33.0. The molecule has 0 N–H and O–H groups in total. The molecule has 0 unspecified atom stereocenters. The van der Waals surface area contributed by atoms with Gasteiger partial charge in [-0.15, -0.1) is 0 Å². The molecule has 0 radical (unpaired) electrons. The predicted molar refractivity (Wildman–Crippen MR) is 401 cm³/mol. The van der Waals surface area contributed by atoms with Gasteiger partial charge in [0.15, 0.2) is 5.82 Å². The summed E-state index contributed by atoms with van der Waals surface area (Å²) in [5.74, 6) is 1.49. The second kappa shape index (κ2) is 22.9. The van der Waals surface area contributed by atoms with E-state index in [-0.39, 0.29) is 0 Å². The van der Waals surface area contributed by atoms with Crippen molar-refractivity contribution in [2.45, 2.75) is 55.4 Å². The Morgan fingerprint density at radius 1 is 0.219 bits per heavy atom. The molecule has 18 rings (SSSR count). The molecule has 0 spiro atoms. The van der Waals surface area contributed by atoms with E-state index in [2.05, 4.69) is 312 Å². The maximum absolute atomic E-state index is 5.02. The summed E-state index contributed by atoms with van der Waals surface area (Å²) < 4.78 is 9.61. The van der Waals surface area contributed by atoms with Crippen LogP contribution in [0.2, 0.25) is 0 Å². The van der Waals surface area contributed by atoms with Crippen LogP contribution in [-0.4, -0.2) is 38.2 Å². The number of hydrogen-bond acceptors (Lipinski definition) is 4. The Bertz CT molecular complexity index is 5790. The van der Waals surface area contributed by atoms with Crippen molar-refractivity contribution >= 4 is 87.2 Å². The molecule has 0 saturated heterocycles. The molecule has 0 amide bonds. The van der Waals surface area contributed by atoms with Gasteiger partial charge in [0.2, 0.25) is 0 Å². The van der Waals surface area contributed by atoms with Gasteiger partial charge in [0.05, 0.1) is 72.6 Å². The second-order valence-corrected chi connectivity index (χ2v) is 25.9. The van der Waals surface area contributed by atoms with Crippen molar-refractivity contribution < 1.29 is 0 Å². The van der Waals surface area contributed by atoms with Crippen molar-refractivity contribution in [2.75, 3.05) is 0 Å². The molecular formula is C88H68N8. The molecule has 0 aliphatic rings. The van der Waals surface area contributed by atoms with E-state index in [9.17, 15) is 0 Å². The van der Waals surface area contributed by atoms with E-state index in [0.717, 1.165) is 96.1 Å². The van der Waals surface area contributed by atoms with Crippen molar-refractivity contribution in [3.8, 4) is 67.6 Å². The highest BCUT2D eigenvalue weighted by atomic mass is 15.0. The van der Waals surface area contributed by atoms with Crippen LogP contribution in [0.1, 0.15) is 45.2 Å². The van der Waals surface area contributed by atoms with Crippen molar-refractivity contribution in [3.05, 3.63) is 312 Å². The number of hydrogen-bond donors (Lipinski definition) is 0. The minimum atomic E-state index is 0.729. The standard InChI is InChI=1S/2C44H34N4/c1-27-17-20-42-35(23-27)33-12-6-9-15-40(33)47(42)39-14-8-5-11-32(39)31-19-22-44(37(26-31)38-25-29(3)45-30(4)46-38)48-41-16-10-7-13-34(41)36-24-28(2)18-21-43(36)48;1-27-17-20-41-35(23-27)33-12-6-9-15-39(33)47(41)38-14-8-5-11-32(38)31-19-22-43(37(26-31)44-45-29(3)25-30(4)46-44)48-40-16-10-7-13-34(40)36-24-28(2)18-21-42(36)48/h2*5-26H,1-4H3. The van der Waals surface area contributed by atoms with Gasteiger partial charge in [-0.25, -0.2) is 19.9 Å². The predicted octanol–water partition coefficient (Wildman–Crippen LogP) is 22.5. The van der Waals surface area contributed by atoms with Gasteiger partial charge >= 0.3 is 0 Å². The van der Waals surface area contributed by atoms with Crippen LogP contribution in [-0.2, 0) is 0 Å². The zero-order valence-corrected chi connectivity index (χ0v) is 55.0. The zero-order chi connectivity index (χ0) is 65.0. The van der Waals surface area contributed by atoms with Gasteiger partial charge in [-0.05, 0) is 188 Å². The summed E-state index contributed by atoms with van der Waals surface area (Å²) in [4.78, 5) is 19.7. The Morgan fingerprint density at radius 3 is 0.917 bits per heavy atom. The Kier molecular flexibility index (Phi) is 13.8. The third kappa shape index (κ3) is 9.66. The van der Waals surface area contributed by atoms with E-state index in [0.29, 0.717) is 0 Å². The molecule has 12 aromatic carbocycles. The molecule has 0 fully saturated rings. The van der Waals surface area contributed by atoms with E-state index >= 15 is 0 Å². The summed E-state index contributed by atoms with van der Waals surface area (Å²) >= 11 is 0. The summed E-state index contributed by atoms with van der Waals surface area (Å²) in [7, 11) is 0. The number of nitrogens with zero attached hydrogens (tertiary/aromatic N) is 8. The lowest BCUT2D eigenvalue weighted by Gasteiger charge is -2.18. The first-order valence-corrected chi connectivity index (χ1v) is 33.0. The van der Waals surface area contributed by atoms with Crippen molar-refractivity contribution in [3.63, 3.8) is 0 Å². The van der Waals surface area contributed by atoms with Crippen LogP contribution in [0.25, 0.3) is 155 Å². The normalized spacial score (nSPS) is 11.8. The van der Waals surface area contributed by atoms with E-state index in [1.807, 2.05) is 33.8 Å². The summed E-state index contributed by atoms with van der Waals surface area (Å²) in [5.41, 5.74) is 29.3. The molecule has 6 aromatic heterocycles. The quantitative estimate of drug-likeness (QED) is 0.152. The average Bonchev–Trinajstić information content (AvgIpc) is 1.79. The van der Waals surface area contributed by atoms with Gasteiger partial charge in [0, 0.05) is 82.4 Å². The number of para-hydroxylation sites is 6. The van der Waals surface area contributed by atoms with Gasteiger partial charge in [-0.1, -0.05) is 168 Å². The highest BCUT2D eigenvalue weighted by molar-refractivity contribution is 6.13. The molecule has 0 bridgehead atoms. The third-order valence-electron chi connectivity index (χ3n) is 19.2. The Balaban J connectivity index is 0.000000145. The van der Waals surface area contributed by atoms with Crippen molar-refractivity contribution in [1.29, 1.82) is 0 Å². The second-order valence-electron chi connectivity index (χ2n) is 25.9. The summed E-state index contributed by atoms with van der Waals surface area (Å²) in [6, 6.07) is 97.1. The van der Waals surface area contributed by atoms with Gasteiger partial charge in [-0.3, -0.25) is 0 Å². The average molecular weight is 1240 g/mol. The monoisotopic (exact) mass is 1240 g/mol. The van der Waals surface area contributed by atoms with Gasteiger partial charge in [0.1, 0.15) is 5.82 Å². The topological polar surface area (TPSA) is 71.3 Å². The van der Waals surface area contributed by atoms with Crippen LogP contribution in [0, 0.1) is 55.4 Å². The Morgan fingerprint density at radius 2 is 0.531 bits per heavy atom. The SMILES string of the molecule is Cc1ccc2c(c1)c1ccccc1n2-c1ccccc1-c1ccc(-n2c3ccccc3c3cc(C)ccc32)c(-c2cc(C)nc(C)n2)c1.Cc1ccc2c(c1)c1ccccc1n2-c1ccccc1-c1ccc(-n2c3ccccc3c3cc(C)ccc32)c(-c2nc(C)cc(C)n2)c1. The van der Waals surface area contributed by atoms with E-state index < -0.39 is 0 Å². The van der Waals surface area contributed by atoms with Gasteiger partial charge < -0.3 is 18.3 Å². The fourth-order valence-electron chi connectivity index (χ4n) is 15.1. The van der Waals surface area contributed by atoms with Crippen molar-refractivity contribution in [2.24, 2.45) is 0 Å². The molecule has 0 aliphatic heterocycles. The molecule has 96 heavy (non-hydrogen) atoms. The molecular weight excluding hydrogens is 1170 g/mol. The van der Waals surface area contributed by atoms with E-state index in [4.69, 9.17) is 15.0 Å². The number of fused-ring (bicyclic) bond motifs is 12. The molecule has 0 saturated carbocycles. The van der Waals surface area contributed by atoms with Crippen molar-refractivity contribution in [1.82, 2.24) is 38.2 Å². The van der Waals surface area contributed by atoms with Crippen LogP contribution < -0.4 is 0 Å². The minimum absolute atomic E-state index is 0.729. The number of aromatic nitrogens is 8. The Labute approximate surface area is 557 Å². The molecule has 8 heteroatoms. The number of rotatable bonds is 8. The third-order valence-corrected chi connectivity index (χ3v) is 19.2. The first kappa shape index (κ1) is 57.9. The zero-order valence-electron chi connectivity index (χ0n) is 55.0. The maximum atomic E-state index is 5.02. The largest absolute Gasteiger partial charge is 0.309 e. The molecule has 6 heterocycles. The highest BCUT2D eigenvalue weighted by Crippen LogP contribution is 2.44. The van der Waals surface area contributed by atoms with Gasteiger partial charge in [0.25, 0.3) is 0 Å². The smallest absolute Gasteiger partial charge is 0.161 e. The molecule has 8 nitrogen and oxygen atoms in total. The maximum Gasteiger partial charge on any atom is 0.161 e. The van der Waals surface area contributed by atoms with Crippen LogP contribution in [0.3, 0.4) is 0 Å². The summed E-state index contributed by atoms with van der Waals surface area (Å²) in [5, 5.41) is 10.0. The first-order chi connectivity index (χ1) is 46.9. The van der Waals surface area contributed by atoms with Crippen LogP contribution in [0.15, 0.2) is 267 Å². The fraction of sp³-hybridized carbons (Fsp3) is 0.0909. The lowest BCUT2D eigenvalue weighted by Crippen LogP contribution is -2.02. The molecule has 18 aromatic rings. The van der Waals surface area contributed by atoms with E-state index in [1.54, 1.807) is 0 Å². The van der Waals surface area contributed by atoms with Crippen LogP contribution in [0.5, 0.6) is 0 Å². The van der Waals surface area contributed by atoms with Crippen LogP contribution in [0.4, 0.5) is 0 Å². The Hall–Kier alpha value is -12.0. The number of benzene rings is 12. The lowest BCUT2D eigenvalue weighted by atomic mass is 9.97. The lowest BCUT2D eigenvalue weighted by molar-refractivity contribution is 1.01. The molecule has 0 aliphatic carbocycles. The molecule has 0 atom stereocenters. The van der Waals surface area contributed by atoms with E-state index in [1.165, 1.54) is 104 Å². The summed E-state index contributed by atoms with van der Waals surface area (Å²) in [6.45, 7) is 16.8. The molecule has 460 valence electrons. The minimum Gasteiger partial charge on any atom is -0.309 e.